The van der Waals surface area contributed by atoms with Crippen LogP contribution in [0, 0.1) is 29.3 Å². The molecule has 0 aliphatic heterocycles. The summed E-state index contributed by atoms with van der Waals surface area (Å²) in [6, 6.07) is 7.76. The normalized spacial score (nSPS) is 23.4. The van der Waals surface area contributed by atoms with Gasteiger partial charge < -0.3 is 9.47 Å². The SMILES string of the molecule is CCCCCCCOc1ccc(OC(=O)C2CCC(c3ccc(C4CCC(C)CC4)c(F)c3F)CC2)cc1F. The molecule has 0 N–H and O–H groups in total. The van der Waals surface area contributed by atoms with Crippen LogP contribution in [0.3, 0.4) is 0 Å². The second-order valence-corrected chi connectivity index (χ2v) is 11.7. The van der Waals surface area contributed by atoms with Crippen LogP contribution in [-0.2, 0) is 4.79 Å². The van der Waals surface area contributed by atoms with Crippen molar-refractivity contribution < 1.29 is 27.4 Å². The molecule has 2 aromatic rings. The minimum Gasteiger partial charge on any atom is -0.491 e. The van der Waals surface area contributed by atoms with E-state index in [4.69, 9.17) is 9.47 Å². The molecule has 0 spiro atoms. The van der Waals surface area contributed by atoms with E-state index in [9.17, 15) is 9.18 Å². The molecule has 0 atom stereocenters. The van der Waals surface area contributed by atoms with Crippen molar-refractivity contribution in [1.29, 1.82) is 0 Å². The van der Waals surface area contributed by atoms with E-state index in [-0.39, 0.29) is 29.3 Å². The first-order valence-electron chi connectivity index (χ1n) is 15.0. The molecule has 6 heteroatoms. The van der Waals surface area contributed by atoms with Crippen molar-refractivity contribution >= 4 is 5.97 Å². The van der Waals surface area contributed by atoms with Crippen molar-refractivity contribution in [1.82, 2.24) is 0 Å². The Kier molecular flexibility index (Phi) is 10.8. The van der Waals surface area contributed by atoms with Gasteiger partial charge in [0.15, 0.2) is 23.2 Å². The van der Waals surface area contributed by atoms with Crippen LogP contribution in [0.15, 0.2) is 30.3 Å². The molecule has 2 aromatic carbocycles. The lowest BCUT2D eigenvalue weighted by Crippen LogP contribution is -2.25. The lowest BCUT2D eigenvalue weighted by Gasteiger charge is -2.29. The summed E-state index contributed by atoms with van der Waals surface area (Å²) < 4.78 is 55.6. The van der Waals surface area contributed by atoms with Crippen LogP contribution >= 0.6 is 0 Å². The highest BCUT2D eigenvalue weighted by atomic mass is 19.2. The van der Waals surface area contributed by atoms with E-state index in [1.54, 1.807) is 18.2 Å². The molecular weight excluding hydrogens is 501 g/mol. The average molecular weight is 545 g/mol. The van der Waals surface area contributed by atoms with Crippen LogP contribution in [0.5, 0.6) is 11.5 Å². The van der Waals surface area contributed by atoms with Gasteiger partial charge in [0.2, 0.25) is 0 Å². The van der Waals surface area contributed by atoms with Crippen molar-refractivity contribution in [2.24, 2.45) is 11.8 Å². The number of carbonyl (C=O) groups is 1. The predicted octanol–water partition coefficient (Wildman–Crippen LogP) is 9.63. The Morgan fingerprint density at radius 3 is 1.97 bits per heavy atom. The van der Waals surface area contributed by atoms with Gasteiger partial charge in [0.25, 0.3) is 0 Å². The standard InChI is InChI=1S/C33H43F3O3/c1-3-4-5-6-7-20-38-30-19-16-26(21-29(30)34)39-33(37)25-14-12-24(13-15-25)28-18-17-27(31(35)32(28)36)23-10-8-22(2)9-11-23/h16-19,21-25H,3-15,20H2,1-2H3. The van der Waals surface area contributed by atoms with E-state index in [1.165, 1.54) is 25.0 Å². The molecule has 39 heavy (non-hydrogen) atoms. The maximum absolute atomic E-state index is 15.1. The molecular formula is C33H43F3O3. The number of esters is 1. The molecule has 4 rings (SSSR count). The number of carbonyl (C=O) groups excluding carboxylic acids is 1. The first-order valence-corrected chi connectivity index (χ1v) is 15.0. The van der Waals surface area contributed by atoms with Crippen molar-refractivity contribution in [3.63, 3.8) is 0 Å². The van der Waals surface area contributed by atoms with Gasteiger partial charge in [-0.3, -0.25) is 4.79 Å². The van der Waals surface area contributed by atoms with E-state index in [2.05, 4.69) is 13.8 Å². The summed E-state index contributed by atoms with van der Waals surface area (Å²) in [6.07, 6.45) is 11.6. The molecule has 0 heterocycles. The van der Waals surface area contributed by atoms with Crippen LogP contribution in [0.1, 0.15) is 120 Å². The highest BCUT2D eigenvalue weighted by Crippen LogP contribution is 2.41. The molecule has 0 bridgehead atoms. The molecule has 0 saturated heterocycles. The summed E-state index contributed by atoms with van der Waals surface area (Å²) in [4.78, 5) is 12.8. The second kappa shape index (κ2) is 14.2. The average Bonchev–Trinajstić information content (AvgIpc) is 2.94. The number of halogens is 3. The monoisotopic (exact) mass is 544 g/mol. The van der Waals surface area contributed by atoms with Crippen LogP contribution in [-0.4, -0.2) is 12.6 Å². The fourth-order valence-corrected chi connectivity index (χ4v) is 6.17. The van der Waals surface area contributed by atoms with E-state index in [1.807, 2.05) is 0 Å². The van der Waals surface area contributed by atoms with Crippen molar-refractivity contribution in [2.45, 2.75) is 109 Å². The van der Waals surface area contributed by atoms with Gasteiger partial charge in [-0.15, -0.1) is 0 Å². The third kappa shape index (κ3) is 7.79. The maximum atomic E-state index is 15.1. The van der Waals surface area contributed by atoms with E-state index in [0.29, 0.717) is 49.3 Å². The predicted molar refractivity (Wildman–Crippen MR) is 148 cm³/mol. The summed E-state index contributed by atoms with van der Waals surface area (Å²) in [5.74, 6) is -1.81. The van der Waals surface area contributed by atoms with Gasteiger partial charge in [-0.1, -0.05) is 64.5 Å². The van der Waals surface area contributed by atoms with E-state index < -0.39 is 23.4 Å². The van der Waals surface area contributed by atoms with Crippen LogP contribution < -0.4 is 9.47 Å². The molecule has 0 amide bonds. The number of ether oxygens (including phenoxy) is 2. The van der Waals surface area contributed by atoms with Crippen molar-refractivity contribution in [2.75, 3.05) is 6.61 Å². The van der Waals surface area contributed by atoms with Gasteiger partial charge >= 0.3 is 5.97 Å². The molecule has 0 aromatic heterocycles. The minimum absolute atomic E-state index is 0.0938. The summed E-state index contributed by atoms with van der Waals surface area (Å²) in [5.41, 5.74) is 0.923. The fourth-order valence-electron chi connectivity index (χ4n) is 6.17. The van der Waals surface area contributed by atoms with E-state index >= 15 is 8.78 Å². The van der Waals surface area contributed by atoms with Gasteiger partial charge in [-0.2, -0.15) is 0 Å². The molecule has 0 unspecified atom stereocenters. The number of hydrogen-bond donors (Lipinski definition) is 0. The molecule has 214 valence electrons. The first kappa shape index (κ1) is 29.5. The Hall–Kier alpha value is -2.50. The lowest BCUT2D eigenvalue weighted by molar-refractivity contribution is -0.140. The summed E-state index contributed by atoms with van der Waals surface area (Å²) in [7, 11) is 0. The number of benzene rings is 2. The lowest BCUT2D eigenvalue weighted by atomic mass is 9.76. The third-order valence-electron chi connectivity index (χ3n) is 8.73. The van der Waals surface area contributed by atoms with Crippen molar-refractivity contribution in [3.8, 4) is 11.5 Å². The van der Waals surface area contributed by atoms with E-state index in [0.717, 1.165) is 44.9 Å². The molecule has 2 aliphatic carbocycles. The maximum Gasteiger partial charge on any atom is 0.314 e. The summed E-state index contributed by atoms with van der Waals surface area (Å²) in [5, 5.41) is 0. The molecule has 2 fully saturated rings. The topological polar surface area (TPSA) is 35.5 Å². The number of rotatable bonds is 11. The van der Waals surface area contributed by atoms with Crippen LogP contribution in [0.4, 0.5) is 13.2 Å². The third-order valence-corrected chi connectivity index (χ3v) is 8.73. The quantitative estimate of drug-likeness (QED) is 0.160. The number of unbranched alkanes of at least 4 members (excludes halogenated alkanes) is 4. The Morgan fingerprint density at radius 1 is 0.795 bits per heavy atom. The van der Waals surface area contributed by atoms with Gasteiger partial charge in [0, 0.05) is 6.07 Å². The van der Waals surface area contributed by atoms with Crippen molar-refractivity contribution in [3.05, 3.63) is 58.9 Å². The molecule has 3 nitrogen and oxygen atoms in total. The largest absolute Gasteiger partial charge is 0.491 e. The number of hydrogen-bond acceptors (Lipinski definition) is 3. The smallest absolute Gasteiger partial charge is 0.314 e. The highest BCUT2D eigenvalue weighted by molar-refractivity contribution is 5.75. The first-order chi connectivity index (χ1) is 18.9. The van der Waals surface area contributed by atoms with Gasteiger partial charge in [0.05, 0.1) is 12.5 Å². The second-order valence-electron chi connectivity index (χ2n) is 11.7. The molecule has 2 aliphatic rings. The minimum atomic E-state index is -0.726. The fraction of sp³-hybridized carbons (Fsp3) is 0.606. The summed E-state index contributed by atoms with van der Waals surface area (Å²) >= 11 is 0. The Morgan fingerprint density at radius 2 is 1.38 bits per heavy atom. The van der Waals surface area contributed by atoms with Gasteiger partial charge in [-0.05, 0) is 86.0 Å². The van der Waals surface area contributed by atoms with Crippen LogP contribution in [0.2, 0.25) is 0 Å². The van der Waals surface area contributed by atoms with Gasteiger partial charge in [-0.25, -0.2) is 13.2 Å². The zero-order valence-corrected chi connectivity index (χ0v) is 23.5. The Bertz CT molecular complexity index is 1090. The molecule has 0 radical (unpaired) electrons. The highest BCUT2D eigenvalue weighted by Gasteiger charge is 2.32. The van der Waals surface area contributed by atoms with Crippen LogP contribution in [0.25, 0.3) is 0 Å². The Balaban J connectivity index is 1.26. The van der Waals surface area contributed by atoms with Gasteiger partial charge in [0.1, 0.15) is 5.75 Å². The Labute approximate surface area is 231 Å². The zero-order chi connectivity index (χ0) is 27.8. The molecule has 2 saturated carbocycles. The zero-order valence-electron chi connectivity index (χ0n) is 23.5. The summed E-state index contributed by atoms with van der Waals surface area (Å²) in [6.45, 7) is 4.82.